The molecular weight excluding hydrogens is 220 g/mol. The molecule has 16 heavy (non-hydrogen) atoms. The molecule has 0 rings (SSSR count). The van der Waals surface area contributed by atoms with Crippen LogP contribution in [0.4, 0.5) is 0 Å². The lowest BCUT2D eigenvalue weighted by atomic mass is 9.99. The summed E-state index contributed by atoms with van der Waals surface area (Å²) in [5.41, 5.74) is 5.86. The van der Waals surface area contributed by atoms with Crippen molar-refractivity contribution in [3.05, 3.63) is 0 Å². The monoisotopic (exact) mass is 246 g/mol. The fourth-order valence-corrected chi connectivity index (χ4v) is 2.14. The maximum absolute atomic E-state index is 11.7. The number of amides is 1. The van der Waals surface area contributed by atoms with E-state index in [2.05, 4.69) is 19.2 Å². The van der Waals surface area contributed by atoms with Gasteiger partial charge in [-0.05, 0) is 30.8 Å². The number of hydrogen-bond donors (Lipinski definition) is 2. The van der Waals surface area contributed by atoms with Crippen LogP contribution in [0.3, 0.4) is 0 Å². The molecule has 0 spiro atoms. The van der Waals surface area contributed by atoms with E-state index in [1.165, 1.54) is 0 Å². The first kappa shape index (κ1) is 15.8. The van der Waals surface area contributed by atoms with E-state index in [9.17, 15) is 4.79 Å². The number of rotatable bonds is 8. The Hall–Kier alpha value is -0.220. The number of carbonyl (C=O) groups excluding carboxylic acids is 1. The van der Waals surface area contributed by atoms with Crippen LogP contribution in [0, 0.1) is 5.92 Å². The lowest BCUT2D eigenvalue weighted by Crippen LogP contribution is -2.47. The zero-order valence-corrected chi connectivity index (χ0v) is 11.8. The predicted molar refractivity (Wildman–Crippen MR) is 72.7 cm³/mol. The molecule has 0 saturated heterocycles. The molecule has 3 atom stereocenters. The highest BCUT2D eigenvalue weighted by Crippen LogP contribution is 2.07. The summed E-state index contributed by atoms with van der Waals surface area (Å²) in [5.74, 6) is 2.46. The Morgan fingerprint density at radius 3 is 2.50 bits per heavy atom. The van der Waals surface area contributed by atoms with Gasteiger partial charge in [0.05, 0.1) is 6.04 Å². The van der Waals surface area contributed by atoms with Crippen LogP contribution >= 0.6 is 11.8 Å². The normalized spacial score (nSPS) is 16.6. The number of nitrogens with two attached hydrogens (primary N) is 1. The van der Waals surface area contributed by atoms with Crippen LogP contribution in [0.1, 0.15) is 40.5 Å². The first-order valence-corrected chi connectivity index (χ1v) is 7.32. The second-order valence-corrected chi connectivity index (χ2v) is 5.70. The van der Waals surface area contributed by atoms with Gasteiger partial charge in [-0.15, -0.1) is 0 Å². The van der Waals surface area contributed by atoms with Gasteiger partial charge in [-0.3, -0.25) is 4.79 Å². The van der Waals surface area contributed by atoms with Crippen molar-refractivity contribution in [1.82, 2.24) is 5.32 Å². The number of nitrogens with one attached hydrogen (secondary N) is 1. The van der Waals surface area contributed by atoms with Crippen LogP contribution in [-0.4, -0.2) is 29.5 Å². The SMILES string of the molecule is CCSCCC(C)NC(=O)[C@@H](N)C(C)CC. The first-order chi connectivity index (χ1) is 7.52. The second kappa shape index (κ2) is 8.88. The molecule has 0 saturated carbocycles. The predicted octanol–water partition coefficient (Wildman–Crippen LogP) is 2.01. The molecule has 0 fully saturated rings. The molecule has 3 nitrogen and oxygen atoms in total. The summed E-state index contributed by atoms with van der Waals surface area (Å²) in [6.07, 6.45) is 1.95. The fraction of sp³-hybridized carbons (Fsp3) is 0.917. The van der Waals surface area contributed by atoms with E-state index in [-0.39, 0.29) is 23.9 Å². The third kappa shape index (κ3) is 6.38. The van der Waals surface area contributed by atoms with Crippen LogP contribution in [0.5, 0.6) is 0 Å². The molecule has 4 heteroatoms. The van der Waals surface area contributed by atoms with Crippen LogP contribution in [0.15, 0.2) is 0 Å². The fourth-order valence-electron chi connectivity index (χ4n) is 1.33. The summed E-state index contributed by atoms with van der Waals surface area (Å²) in [6.45, 7) is 8.26. The smallest absolute Gasteiger partial charge is 0.237 e. The average molecular weight is 246 g/mol. The minimum absolute atomic E-state index is 0.0108. The van der Waals surface area contributed by atoms with Crippen molar-refractivity contribution in [2.45, 2.75) is 52.6 Å². The molecule has 0 aromatic carbocycles. The van der Waals surface area contributed by atoms with Gasteiger partial charge in [-0.1, -0.05) is 27.2 Å². The van der Waals surface area contributed by atoms with Crippen molar-refractivity contribution >= 4 is 17.7 Å². The Morgan fingerprint density at radius 2 is 2.00 bits per heavy atom. The van der Waals surface area contributed by atoms with Gasteiger partial charge < -0.3 is 11.1 Å². The molecule has 0 aromatic rings. The lowest BCUT2D eigenvalue weighted by Gasteiger charge is -2.21. The summed E-state index contributed by atoms with van der Waals surface area (Å²) >= 11 is 1.90. The Labute approximate surface area is 104 Å². The van der Waals surface area contributed by atoms with Crippen LogP contribution in [0.25, 0.3) is 0 Å². The molecule has 3 N–H and O–H groups in total. The molecule has 1 amide bonds. The summed E-state index contributed by atoms with van der Waals surface area (Å²) < 4.78 is 0. The van der Waals surface area contributed by atoms with Crippen molar-refractivity contribution in [3.8, 4) is 0 Å². The lowest BCUT2D eigenvalue weighted by molar-refractivity contribution is -0.124. The van der Waals surface area contributed by atoms with E-state index in [1.54, 1.807) is 0 Å². The van der Waals surface area contributed by atoms with Gasteiger partial charge in [0.25, 0.3) is 0 Å². The van der Waals surface area contributed by atoms with Gasteiger partial charge in [0.1, 0.15) is 0 Å². The zero-order valence-electron chi connectivity index (χ0n) is 11.0. The minimum atomic E-state index is -0.369. The third-order valence-electron chi connectivity index (χ3n) is 2.85. The highest BCUT2D eigenvalue weighted by molar-refractivity contribution is 7.99. The Kier molecular flexibility index (Phi) is 8.76. The van der Waals surface area contributed by atoms with Gasteiger partial charge in [-0.25, -0.2) is 0 Å². The minimum Gasteiger partial charge on any atom is -0.352 e. The van der Waals surface area contributed by atoms with Crippen molar-refractivity contribution in [2.24, 2.45) is 11.7 Å². The third-order valence-corrected chi connectivity index (χ3v) is 3.78. The van der Waals surface area contributed by atoms with E-state index < -0.39 is 0 Å². The van der Waals surface area contributed by atoms with Crippen molar-refractivity contribution in [3.63, 3.8) is 0 Å². The van der Waals surface area contributed by atoms with Gasteiger partial charge in [0.2, 0.25) is 5.91 Å². The van der Waals surface area contributed by atoms with Gasteiger partial charge >= 0.3 is 0 Å². The number of hydrogen-bond acceptors (Lipinski definition) is 3. The maximum Gasteiger partial charge on any atom is 0.237 e. The largest absolute Gasteiger partial charge is 0.352 e. The quantitative estimate of drug-likeness (QED) is 0.644. The van der Waals surface area contributed by atoms with E-state index in [4.69, 9.17) is 5.73 Å². The maximum atomic E-state index is 11.7. The zero-order chi connectivity index (χ0) is 12.6. The summed E-state index contributed by atoms with van der Waals surface area (Å²) in [6, 6.07) is -0.145. The van der Waals surface area contributed by atoms with Crippen LogP contribution < -0.4 is 11.1 Å². The van der Waals surface area contributed by atoms with E-state index in [0.29, 0.717) is 0 Å². The van der Waals surface area contributed by atoms with Crippen LogP contribution in [-0.2, 0) is 4.79 Å². The Bertz CT molecular complexity index is 199. The van der Waals surface area contributed by atoms with E-state index >= 15 is 0 Å². The molecule has 0 heterocycles. The molecule has 0 aliphatic carbocycles. The highest BCUT2D eigenvalue weighted by atomic mass is 32.2. The van der Waals surface area contributed by atoms with Gasteiger partial charge in [0.15, 0.2) is 0 Å². The molecule has 0 aliphatic rings. The van der Waals surface area contributed by atoms with E-state index in [1.807, 2.05) is 25.6 Å². The standard InChI is InChI=1S/C12H26N2OS/c1-5-9(3)11(13)12(15)14-10(4)7-8-16-6-2/h9-11H,5-8,13H2,1-4H3,(H,14,15)/t9?,10?,11-/m0/s1. The molecule has 0 aromatic heterocycles. The molecule has 2 unspecified atom stereocenters. The molecule has 0 radical (unpaired) electrons. The molecule has 0 bridgehead atoms. The molecule has 96 valence electrons. The molecule has 0 aliphatic heterocycles. The highest BCUT2D eigenvalue weighted by Gasteiger charge is 2.20. The Morgan fingerprint density at radius 1 is 1.38 bits per heavy atom. The molecular formula is C12H26N2OS. The first-order valence-electron chi connectivity index (χ1n) is 6.16. The van der Waals surface area contributed by atoms with Gasteiger partial charge in [-0.2, -0.15) is 11.8 Å². The second-order valence-electron chi connectivity index (χ2n) is 4.31. The number of carbonyl (C=O) groups is 1. The summed E-state index contributed by atoms with van der Waals surface area (Å²) in [5, 5.41) is 2.98. The van der Waals surface area contributed by atoms with Crippen molar-refractivity contribution < 1.29 is 4.79 Å². The Balaban J connectivity index is 3.85. The van der Waals surface area contributed by atoms with Gasteiger partial charge in [0, 0.05) is 6.04 Å². The average Bonchev–Trinajstić information content (AvgIpc) is 2.27. The van der Waals surface area contributed by atoms with Crippen LogP contribution in [0.2, 0.25) is 0 Å². The van der Waals surface area contributed by atoms with E-state index in [0.717, 1.165) is 24.3 Å². The summed E-state index contributed by atoms with van der Waals surface area (Å²) in [7, 11) is 0. The van der Waals surface area contributed by atoms with Crippen molar-refractivity contribution in [2.75, 3.05) is 11.5 Å². The van der Waals surface area contributed by atoms with Crippen molar-refractivity contribution in [1.29, 1.82) is 0 Å². The topological polar surface area (TPSA) is 55.1 Å². The number of thioether (sulfide) groups is 1. The summed E-state index contributed by atoms with van der Waals surface area (Å²) in [4.78, 5) is 11.7.